The van der Waals surface area contributed by atoms with E-state index in [0.717, 1.165) is 84.0 Å². The van der Waals surface area contributed by atoms with Crippen molar-refractivity contribution in [1.29, 1.82) is 0 Å². The largest absolute Gasteiger partial charge is 0.455 e. The Balaban J connectivity index is 0.0000000959. The van der Waals surface area contributed by atoms with Gasteiger partial charge in [-0.25, -0.2) is 0 Å². The maximum atomic E-state index is 6.57. The number of rotatable bonds is 6. The molecule has 0 atom stereocenters. The van der Waals surface area contributed by atoms with Gasteiger partial charge in [-0.1, -0.05) is 243 Å². The molecular weight excluding hydrogens is 1720 g/mol. The molecule has 0 N–H and O–H groups in total. The van der Waals surface area contributed by atoms with Crippen LogP contribution in [0.3, 0.4) is 0 Å². The topological polar surface area (TPSA) is 52.4 Å². The number of thiophene rings is 2. The number of anilines is 9. The summed E-state index contributed by atoms with van der Waals surface area (Å²) in [4.78, 5) is 7.28. The van der Waals surface area contributed by atoms with E-state index in [-0.39, 0.29) is 0 Å². The molecule has 138 heavy (non-hydrogen) atoms. The van der Waals surface area contributed by atoms with Crippen LogP contribution in [0.1, 0.15) is 0 Å². The lowest BCUT2D eigenvalue weighted by atomic mass is 10.0. The quantitative estimate of drug-likeness (QED) is 0.166. The van der Waals surface area contributed by atoms with E-state index in [4.69, 9.17) is 4.42 Å². The second-order valence-corrected chi connectivity index (χ2v) is 38.6. The SMILES string of the molecule is c1ccc2c(c1)N(c1ccc(-n3c4ccccc4c4ccccc43)cc1)c1cccc3c4c5c(ccc4n-2c13)sc1ccccc15.c1ccc2c(c1)N(c1ccc(-n3c4ccccc4c4ccccc43)cc1)c1cccc3c4c5oc6ccccc6c5ccc4n-2c13.c1ccc2c(c1)N(c1ccc(-n3c4ccccc4c4ccccc43)cc1)c1cccc3c4c5sc6ccccc6c5ccc4n-2c13. The van der Waals surface area contributed by atoms with Crippen LogP contribution < -0.4 is 14.7 Å². The van der Waals surface area contributed by atoms with Gasteiger partial charge in [0.2, 0.25) is 0 Å². The second-order valence-electron chi connectivity index (χ2n) is 36.5. The van der Waals surface area contributed by atoms with Crippen LogP contribution in [0.2, 0.25) is 0 Å². The maximum absolute atomic E-state index is 6.57. The van der Waals surface area contributed by atoms with Crippen molar-refractivity contribution in [3.05, 3.63) is 455 Å². The van der Waals surface area contributed by atoms with Crippen LogP contribution in [0, 0.1) is 0 Å². The number of aromatic nitrogens is 6. The average Bonchev–Trinajstić information content (AvgIpc) is 1.54. The van der Waals surface area contributed by atoms with Gasteiger partial charge in [-0.05, 0) is 212 Å². The molecule has 3 aliphatic rings. The first-order chi connectivity index (χ1) is 68.5. The molecule has 0 saturated heterocycles. The summed E-state index contributed by atoms with van der Waals surface area (Å²) in [5.74, 6) is 0. The number of nitrogens with zero attached hydrogens (tertiary/aromatic N) is 9. The third-order valence-electron chi connectivity index (χ3n) is 29.5. The number of hydrogen-bond donors (Lipinski definition) is 0. The predicted molar refractivity (Wildman–Crippen MR) is 583 cm³/mol. The van der Waals surface area contributed by atoms with Crippen molar-refractivity contribution in [3.8, 4) is 34.1 Å². The fourth-order valence-corrected chi connectivity index (χ4v) is 26.3. The zero-order chi connectivity index (χ0) is 89.8. The Morgan fingerprint density at radius 1 is 0.152 bits per heavy atom. The fraction of sp³-hybridized carbons (Fsp3) is 0. The standard InChI is InChI=1S/C42H25N3O.2C42H25N3S/c2*1-4-14-33-28(10-1)29-11-2-5-15-34(29)43(33)26-20-22-27(23-21-26)44-35-16-6-7-17-36(35)45-37-25-24-31-30-12-3-8-19-39(30)46-42(31)40(37)32-13-9-18-38(44)41(32)45;1-4-14-32-28(10-1)29-11-2-5-15-33(29)43(32)26-20-22-27(23-21-26)44-34-16-6-7-17-35(34)45-36-24-25-39-41(30-12-3-8-19-38(30)46-39)40(36)31-13-9-18-37(44)42(31)45/h3*1-25H. The normalized spacial score (nSPS) is 12.7. The van der Waals surface area contributed by atoms with E-state index >= 15 is 0 Å². The molecule has 9 aromatic heterocycles. The molecule has 0 amide bonds. The molecule has 0 fully saturated rings. The highest BCUT2D eigenvalue weighted by Crippen LogP contribution is 2.58. The molecule has 21 aromatic carbocycles. The minimum atomic E-state index is 0.919. The lowest BCUT2D eigenvalue weighted by molar-refractivity contribution is 0.673. The Labute approximate surface area is 796 Å². The molecule has 0 unspecified atom stereocenters. The van der Waals surface area contributed by atoms with Gasteiger partial charge in [-0.3, -0.25) is 0 Å². The van der Waals surface area contributed by atoms with Crippen molar-refractivity contribution >= 4 is 267 Å². The highest BCUT2D eigenvalue weighted by molar-refractivity contribution is 7.27. The number of para-hydroxylation sites is 16. The number of benzene rings is 21. The first-order valence-electron chi connectivity index (χ1n) is 47.1. The fourth-order valence-electron chi connectivity index (χ4n) is 23.9. The molecule has 0 spiro atoms. The van der Waals surface area contributed by atoms with Crippen molar-refractivity contribution in [3.63, 3.8) is 0 Å². The minimum absolute atomic E-state index is 0.919. The van der Waals surface area contributed by atoms with Gasteiger partial charge in [0.1, 0.15) is 11.2 Å². The predicted octanol–water partition coefficient (Wildman–Crippen LogP) is 35.6. The molecule has 12 heterocycles. The summed E-state index contributed by atoms with van der Waals surface area (Å²) in [6.45, 7) is 0. The van der Waals surface area contributed by atoms with Crippen molar-refractivity contribution < 1.29 is 4.42 Å². The average molecular weight is 1800 g/mol. The van der Waals surface area contributed by atoms with Crippen LogP contribution in [0.4, 0.5) is 51.2 Å². The van der Waals surface area contributed by atoms with Crippen molar-refractivity contribution in [2.45, 2.75) is 0 Å². The van der Waals surface area contributed by atoms with Crippen LogP contribution in [0.15, 0.2) is 459 Å². The molecular formula is C126H75N9OS2. The summed E-state index contributed by atoms with van der Waals surface area (Å²) in [5, 5.41) is 22.9. The van der Waals surface area contributed by atoms with Gasteiger partial charge in [0.25, 0.3) is 0 Å². The zero-order valence-electron chi connectivity index (χ0n) is 74.1. The summed E-state index contributed by atoms with van der Waals surface area (Å²) in [7, 11) is 0. The molecule has 0 radical (unpaired) electrons. The van der Waals surface area contributed by atoms with E-state index < -0.39 is 0 Å². The third-order valence-corrected chi connectivity index (χ3v) is 31.8. The van der Waals surface area contributed by atoms with Crippen LogP contribution in [-0.4, -0.2) is 27.4 Å². The molecule has 0 bridgehead atoms. The third kappa shape index (κ3) is 10.5. The number of hydrogen-bond acceptors (Lipinski definition) is 6. The smallest absolute Gasteiger partial charge is 0.145 e. The zero-order valence-corrected chi connectivity index (χ0v) is 75.7. The Bertz CT molecular complexity index is 9920. The Kier molecular flexibility index (Phi) is 15.8. The van der Waals surface area contributed by atoms with Gasteiger partial charge in [0.15, 0.2) is 0 Å². The minimum Gasteiger partial charge on any atom is -0.455 e. The molecule has 0 aliphatic carbocycles. The molecule has 12 heteroatoms. The van der Waals surface area contributed by atoms with Gasteiger partial charge in [0.05, 0.1) is 123 Å². The number of fused-ring (bicyclic) bond motifs is 36. The molecule has 0 saturated carbocycles. The van der Waals surface area contributed by atoms with E-state index in [1.165, 1.54) is 194 Å². The van der Waals surface area contributed by atoms with Gasteiger partial charge in [-0.2, -0.15) is 0 Å². The van der Waals surface area contributed by atoms with Crippen LogP contribution in [0.25, 0.3) is 227 Å². The molecule has 3 aliphatic heterocycles. The summed E-state index contributed by atoms with van der Waals surface area (Å²) in [5.41, 5.74) is 34.1. The molecule has 642 valence electrons. The molecule has 30 aromatic rings. The highest BCUT2D eigenvalue weighted by Gasteiger charge is 2.35. The Morgan fingerprint density at radius 3 is 0.877 bits per heavy atom. The monoisotopic (exact) mass is 1790 g/mol. The number of furan rings is 1. The maximum Gasteiger partial charge on any atom is 0.145 e. The molecule has 10 nitrogen and oxygen atoms in total. The van der Waals surface area contributed by atoms with Gasteiger partial charge in [0, 0.05) is 144 Å². The van der Waals surface area contributed by atoms with Crippen molar-refractivity contribution in [1.82, 2.24) is 27.4 Å². The first kappa shape index (κ1) is 75.6. The highest BCUT2D eigenvalue weighted by atomic mass is 32.1. The Hall–Kier alpha value is -17.9. The van der Waals surface area contributed by atoms with E-state index in [2.05, 4.69) is 491 Å². The van der Waals surface area contributed by atoms with E-state index in [9.17, 15) is 0 Å². The first-order valence-corrected chi connectivity index (χ1v) is 48.8. The van der Waals surface area contributed by atoms with Crippen LogP contribution >= 0.6 is 22.7 Å². The van der Waals surface area contributed by atoms with Gasteiger partial charge in [-0.15, -0.1) is 22.7 Å². The lowest BCUT2D eigenvalue weighted by Gasteiger charge is -2.33. The van der Waals surface area contributed by atoms with E-state index in [1.54, 1.807) is 0 Å². The summed E-state index contributed by atoms with van der Waals surface area (Å²) >= 11 is 3.79. The van der Waals surface area contributed by atoms with Crippen LogP contribution in [0.5, 0.6) is 0 Å². The summed E-state index contributed by atoms with van der Waals surface area (Å²) < 4.78 is 26.5. The van der Waals surface area contributed by atoms with Gasteiger partial charge < -0.3 is 46.5 Å². The van der Waals surface area contributed by atoms with Crippen LogP contribution in [-0.2, 0) is 0 Å². The van der Waals surface area contributed by atoms with E-state index in [0.29, 0.717) is 0 Å². The van der Waals surface area contributed by atoms with Crippen molar-refractivity contribution in [2.75, 3.05) is 14.7 Å². The second kappa shape index (κ2) is 28.8. The molecule has 33 rings (SSSR count). The summed E-state index contributed by atoms with van der Waals surface area (Å²) in [6, 6.07) is 166. The van der Waals surface area contributed by atoms with Crippen molar-refractivity contribution in [2.24, 2.45) is 0 Å². The van der Waals surface area contributed by atoms with Gasteiger partial charge >= 0.3 is 0 Å². The lowest BCUT2D eigenvalue weighted by Crippen LogP contribution is -2.18. The Morgan fingerprint density at radius 2 is 0.449 bits per heavy atom. The summed E-state index contributed by atoms with van der Waals surface area (Å²) in [6.07, 6.45) is 0. The van der Waals surface area contributed by atoms with E-state index in [1.807, 2.05) is 28.7 Å².